The van der Waals surface area contributed by atoms with Crippen LogP contribution in [0.15, 0.2) is 18.2 Å². The topological polar surface area (TPSA) is 61.5 Å². The second-order valence-corrected chi connectivity index (χ2v) is 4.41. The number of carbonyl (C=O) groups excluding carboxylic acids is 1. The molecule has 0 bridgehead atoms. The first-order chi connectivity index (χ1) is 8.60. The monoisotopic (exact) mass is 251 g/mol. The first kappa shape index (κ1) is 14.4. The van der Waals surface area contributed by atoms with Crippen LogP contribution in [0.5, 0.6) is 5.75 Å². The van der Waals surface area contributed by atoms with Crippen molar-refractivity contribution >= 4 is 11.7 Å². The van der Waals surface area contributed by atoms with E-state index >= 15 is 0 Å². The van der Waals surface area contributed by atoms with Crippen LogP contribution in [0.25, 0.3) is 0 Å². The molecule has 0 aliphatic heterocycles. The normalized spacial score (nSPS) is 11.9. The van der Waals surface area contributed by atoms with E-state index < -0.39 is 5.97 Å². The van der Waals surface area contributed by atoms with E-state index in [-0.39, 0.29) is 0 Å². The van der Waals surface area contributed by atoms with Crippen LogP contribution in [0, 0.1) is 5.92 Å². The predicted molar refractivity (Wildman–Crippen MR) is 71.8 cm³/mol. The Bertz CT molecular complexity index is 404. The molecule has 0 aromatic heterocycles. The highest BCUT2D eigenvalue weighted by molar-refractivity contribution is 5.96. The minimum Gasteiger partial charge on any atom is -0.495 e. The van der Waals surface area contributed by atoms with Gasteiger partial charge in [-0.2, -0.15) is 0 Å². The predicted octanol–water partition coefficient (Wildman–Crippen LogP) is 2.87. The molecule has 0 saturated heterocycles. The molecule has 0 heterocycles. The largest absolute Gasteiger partial charge is 0.495 e. The van der Waals surface area contributed by atoms with Crippen molar-refractivity contribution in [2.45, 2.75) is 26.7 Å². The third-order valence-electron chi connectivity index (χ3n) is 2.79. The number of benzene rings is 1. The Morgan fingerprint density at radius 3 is 2.78 bits per heavy atom. The Morgan fingerprint density at radius 1 is 1.44 bits per heavy atom. The molecule has 1 unspecified atom stereocenters. The molecule has 18 heavy (non-hydrogen) atoms. The van der Waals surface area contributed by atoms with Gasteiger partial charge in [-0.05, 0) is 24.5 Å². The Morgan fingerprint density at radius 2 is 2.17 bits per heavy atom. The lowest BCUT2D eigenvalue weighted by atomic mass is 10.1. The summed E-state index contributed by atoms with van der Waals surface area (Å²) in [5.41, 5.74) is 6.52. The highest BCUT2D eigenvalue weighted by Crippen LogP contribution is 2.25. The lowest BCUT2D eigenvalue weighted by Gasteiger charge is -2.13. The van der Waals surface area contributed by atoms with E-state index in [4.69, 9.17) is 15.2 Å². The van der Waals surface area contributed by atoms with Crippen LogP contribution in [0.1, 0.15) is 37.0 Å². The van der Waals surface area contributed by atoms with E-state index in [0.717, 1.165) is 12.8 Å². The lowest BCUT2D eigenvalue weighted by molar-refractivity contribution is 0.0444. The molecular weight excluding hydrogens is 230 g/mol. The maximum atomic E-state index is 11.9. The average Bonchev–Trinajstić information content (AvgIpc) is 2.36. The minimum atomic E-state index is -0.394. The summed E-state index contributed by atoms with van der Waals surface area (Å²) in [5, 5.41) is 0. The molecule has 2 N–H and O–H groups in total. The molecule has 4 heteroatoms. The molecule has 1 rings (SSSR count). The molecular formula is C14H21NO3. The van der Waals surface area contributed by atoms with Gasteiger partial charge in [0.25, 0.3) is 0 Å². The SMILES string of the molecule is CCCC(C)COC(=O)c1cccc(OC)c1N. The number of nitrogen functional groups attached to an aromatic ring is 1. The molecule has 0 fully saturated rings. The third kappa shape index (κ3) is 3.65. The number of nitrogens with two attached hydrogens (primary N) is 1. The van der Waals surface area contributed by atoms with Gasteiger partial charge in [0.15, 0.2) is 0 Å². The zero-order valence-electron chi connectivity index (χ0n) is 11.2. The Labute approximate surface area is 108 Å². The molecule has 1 aromatic carbocycles. The number of rotatable bonds is 6. The van der Waals surface area contributed by atoms with Gasteiger partial charge in [0.05, 0.1) is 25.0 Å². The van der Waals surface area contributed by atoms with Crippen LogP contribution < -0.4 is 10.5 Å². The van der Waals surface area contributed by atoms with Gasteiger partial charge < -0.3 is 15.2 Å². The number of anilines is 1. The summed E-state index contributed by atoms with van der Waals surface area (Å²) in [4.78, 5) is 11.9. The Balaban J connectivity index is 2.67. The highest BCUT2D eigenvalue weighted by Gasteiger charge is 2.15. The first-order valence-electron chi connectivity index (χ1n) is 6.19. The number of carbonyl (C=O) groups is 1. The summed E-state index contributed by atoms with van der Waals surface area (Å²) in [6.07, 6.45) is 2.13. The second kappa shape index (κ2) is 6.89. The zero-order valence-corrected chi connectivity index (χ0v) is 11.2. The van der Waals surface area contributed by atoms with E-state index in [9.17, 15) is 4.79 Å². The maximum Gasteiger partial charge on any atom is 0.340 e. The average molecular weight is 251 g/mol. The van der Waals surface area contributed by atoms with Gasteiger partial charge in [0.1, 0.15) is 5.75 Å². The van der Waals surface area contributed by atoms with Crippen LogP contribution >= 0.6 is 0 Å². The summed E-state index contributed by atoms with van der Waals surface area (Å²) in [6.45, 7) is 4.59. The smallest absolute Gasteiger partial charge is 0.340 e. The zero-order chi connectivity index (χ0) is 13.5. The van der Waals surface area contributed by atoms with E-state index in [1.807, 2.05) is 0 Å². The molecule has 0 aliphatic rings. The summed E-state index contributed by atoms with van der Waals surface area (Å²) in [6, 6.07) is 5.08. The van der Waals surface area contributed by atoms with Crippen molar-refractivity contribution in [2.24, 2.45) is 5.92 Å². The number of para-hydroxylation sites is 1. The number of ether oxygens (including phenoxy) is 2. The lowest BCUT2D eigenvalue weighted by Crippen LogP contribution is -2.14. The molecule has 0 amide bonds. The molecule has 1 aromatic rings. The van der Waals surface area contributed by atoms with Crippen LogP contribution in [-0.4, -0.2) is 19.7 Å². The minimum absolute atomic E-state index is 0.327. The number of methoxy groups -OCH3 is 1. The van der Waals surface area contributed by atoms with Gasteiger partial charge >= 0.3 is 5.97 Å². The molecule has 1 atom stereocenters. The number of esters is 1. The van der Waals surface area contributed by atoms with E-state index in [1.165, 1.54) is 7.11 Å². The summed E-state index contributed by atoms with van der Waals surface area (Å²) in [7, 11) is 1.52. The fraction of sp³-hybridized carbons (Fsp3) is 0.500. The molecule has 100 valence electrons. The van der Waals surface area contributed by atoms with Gasteiger partial charge in [-0.25, -0.2) is 4.79 Å². The van der Waals surface area contributed by atoms with Crippen LogP contribution in [0.3, 0.4) is 0 Å². The quantitative estimate of drug-likeness (QED) is 0.623. The summed E-state index contributed by atoms with van der Waals surface area (Å²) < 4.78 is 10.3. The van der Waals surface area contributed by atoms with E-state index in [1.54, 1.807) is 18.2 Å². The molecule has 0 spiro atoms. The highest BCUT2D eigenvalue weighted by atomic mass is 16.5. The summed E-state index contributed by atoms with van der Waals surface area (Å²) in [5.74, 6) is 0.464. The fourth-order valence-corrected chi connectivity index (χ4v) is 1.77. The second-order valence-electron chi connectivity index (χ2n) is 4.41. The Kier molecular flexibility index (Phi) is 5.49. The van der Waals surface area contributed by atoms with Crippen molar-refractivity contribution in [3.05, 3.63) is 23.8 Å². The van der Waals surface area contributed by atoms with Crippen LogP contribution in [0.4, 0.5) is 5.69 Å². The van der Waals surface area contributed by atoms with Gasteiger partial charge in [0, 0.05) is 0 Å². The van der Waals surface area contributed by atoms with Crippen molar-refractivity contribution in [1.82, 2.24) is 0 Å². The van der Waals surface area contributed by atoms with E-state index in [0.29, 0.717) is 29.5 Å². The molecule has 0 radical (unpaired) electrons. The van der Waals surface area contributed by atoms with Crippen molar-refractivity contribution in [1.29, 1.82) is 0 Å². The number of hydrogen-bond acceptors (Lipinski definition) is 4. The standard InChI is InChI=1S/C14H21NO3/c1-4-6-10(2)9-18-14(16)11-7-5-8-12(17-3)13(11)15/h5,7-8,10H,4,6,9,15H2,1-3H3. The molecule has 0 aliphatic carbocycles. The maximum absolute atomic E-state index is 11.9. The van der Waals surface area contributed by atoms with Crippen LogP contribution in [-0.2, 0) is 4.74 Å². The van der Waals surface area contributed by atoms with Gasteiger partial charge in [0.2, 0.25) is 0 Å². The van der Waals surface area contributed by atoms with Gasteiger partial charge in [-0.1, -0.05) is 26.3 Å². The van der Waals surface area contributed by atoms with Gasteiger partial charge in [-0.3, -0.25) is 0 Å². The Hall–Kier alpha value is -1.71. The van der Waals surface area contributed by atoms with Crippen LogP contribution in [0.2, 0.25) is 0 Å². The first-order valence-corrected chi connectivity index (χ1v) is 6.19. The van der Waals surface area contributed by atoms with Gasteiger partial charge in [-0.15, -0.1) is 0 Å². The van der Waals surface area contributed by atoms with Crippen molar-refractivity contribution < 1.29 is 14.3 Å². The molecule has 0 saturated carbocycles. The molecule has 4 nitrogen and oxygen atoms in total. The van der Waals surface area contributed by atoms with Crippen molar-refractivity contribution in [2.75, 3.05) is 19.5 Å². The summed E-state index contributed by atoms with van der Waals surface area (Å²) >= 11 is 0. The van der Waals surface area contributed by atoms with Crippen molar-refractivity contribution in [3.63, 3.8) is 0 Å². The third-order valence-corrected chi connectivity index (χ3v) is 2.79. The fourth-order valence-electron chi connectivity index (χ4n) is 1.77. The van der Waals surface area contributed by atoms with Crippen molar-refractivity contribution in [3.8, 4) is 5.75 Å². The number of hydrogen-bond donors (Lipinski definition) is 1. The van der Waals surface area contributed by atoms with E-state index in [2.05, 4.69) is 13.8 Å².